The minimum Gasteiger partial charge on any atom is -0.489 e. The number of nitrogens with zero attached hydrogens (tertiary/aromatic N) is 1. The van der Waals surface area contributed by atoms with Crippen LogP contribution in [0.1, 0.15) is 21.6 Å². The second kappa shape index (κ2) is 9.11. The van der Waals surface area contributed by atoms with Gasteiger partial charge in [-0.15, -0.1) is 0 Å². The van der Waals surface area contributed by atoms with Crippen molar-refractivity contribution in [2.24, 2.45) is 5.92 Å². The summed E-state index contributed by atoms with van der Waals surface area (Å²) in [4.78, 5) is 28.8. The zero-order valence-electron chi connectivity index (χ0n) is 17.1. The minimum absolute atomic E-state index is 0.285. The number of amides is 2. The van der Waals surface area contributed by atoms with E-state index in [4.69, 9.17) is 9.94 Å². The average Bonchev–Trinajstić information content (AvgIpc) is 3.25. The largest absolute Gasteiger partial charge is 0.489 e. The molecule has 8 heteroatoms. The van der Waals surface area contributed by atoms with Crippen molar-refractivity contribution < 1.29 is 19.5 Å². The smallest absolute Gasteiger partial charge is 0.251 e. The average molecular weight is 420 g/mol. The van der Waals surface area contributed by atoms with Crippen molar-refractivity contribution in [3.63, 3.8) is 0 Å². The number of fused-ring (bicyclic) bond motifs is 1. The summed E-state index contributed by atoms with van der Waals surface area (Å²) >= 11 is 0. The molecule has 0 radical (unpaired) electrons. The molecule has 4 rings (SSSR count). The second-order valence-corrected chi connectivity index (χ2v) is 7.57. The minimum atomic E-state index is -0.518. The number of rotatable bonds is 6. The van der Waals surface area contributed by atoms with Crippen LogP contribution in [-0.4, -0.2) is 41.1 Å². The van der Waals surface area contributed by atoms with Crippen molar-refractivity contribution in [2.45, 2.75) is 19.6 Å². The van der Waals surface area contributed by atoms with E-state index in [0.717, 1.165) is 22.2 Å². The second-order valence-electron chi connectivity index (χ2n) is 7.57. The third-order valence-electron chi connectivity index (χ3n) is 5.42. The number of benzene rings is 2. The molecule has 4 N–H and O–H groups in total. The van der Waals surface area contributed by atoms with Crippen molar-refractivity contribution in [1.82, 2.24) is 21.1 Å². The van der Waals surface area contributed by atoms with Crippen LogP contribution < -0.4 is 20.9 Å². The normalized spacial score (nSPS) is 18.0. The first-order valence-electron chi connectivity index (χ1n) is 10.1. The van der Waals surface area contributed by atoms with Crippen molar-refractivity contribution in [1.29, 1.82) is 0 Å². The molecule has 2 aromatic carbocycles. The molecule has 1 fully saturated rings. The molecule has 2 heterocycles. The van der Waals surface area contributed by atoms with Gasteiger partial charge >= 0.3 is 0 Å². The maximum absolute atomic E-state index is 12.6. The number of nitrogens with one attached hydrogen (secondary N) is 3. The molecule has 1 aliphatic rings. The van der Waals surface area contributed by atoms with Gasteiger partial charge in [-0.2, -0.15) is 0 Å². The molecule has 3 aromatic rings. The zero-order chi connectivity index (χ0) is 21.8. The molecule has 2 atom stereocenters. The Labute approximate surface area is 179 Å². The lowest BCUT2D eigenvalue weighted by Crippen LogP contribution is -2.45. The number of aryl methyl sites for hydroxylation is 1. The highest BCUT2D eigenvalue weighted by molar-refractivity contribution is 5.95. The topological polar surface area (TPSA) is 113 Å². The first-order chi connectivity index (χ1) is 15.0. The summed E-state index contributed by atoms with van der Waals surface area (Å²) in [6.07, 6.45) is 0. The highest BCUT2D eigenvalue weighted by Gasteiger charge is 2.34. The third kappa shape index (κ3) is 4.65. The van der Waals surface area contributed by atoms with Gasteiger partial charge in [0.05, 0.1) is 17.5 Å². The lowest BCUT2D eigenvalue weighted by atomic mass is 10.0. The SMILES string of the molecule is Cc1cc(COc2ccc(C(=O)N[C@H]3CNC[C@@H]3C(=O)NO)cc2)c2ccccc2n1. The maximum Gasteiger partial charge on any atom is 0.251 e. The number of pyridine rings is 1. The predicted octanol–water partition coefficient (Wildman–Crippen LogP) is 1.95. The Kier molecular flexibility index (Phi) is 6.11. The van der Waals surface area contributed by atoms with Gasteiger partial charge in [0, 0.05) is 35.3 Å². The van der Waals surface area contributed by atoms with Crippen LogP contribution >= 0.6 is 0 Å². The number of hydrogen-bond acceptors (Lipinski definition) is 6. The standard InChI is InChI=1S/C23H24N4O4/c1-14-10-16(18-4-2-3-5-20(18)25-14)13-31-17-8-6-15(7-9-17)22(28)26-21-12-24-11-19(21)23(29)27-30/h2-10,19,21,24,30H,11-13H2,1H3,(H,26,28)(H,27,29)/t19-,21-/m0/s1. The van der Waals surface area contributed by atoms with Crippen LogP contribution in [0.2, 0.25) is 0 Å². The third-order valence-corrected chi connectivity index (χ3v) is 5.42. The van der Waals surface area contributed by atoms with Crippen LogP contribution in [0.15, 0.2) is 54.6 Å². The Bertz CT molecular complexity index is 1100. The fourth-order valence-corrected chi connectivity index (χ4v) is 3.82. The van der Waals surface area contributed by atoms with Crippen LogP contribution in [0.25, 0.3) is 10.9 Å². The fraction of sp³-hybridized carbons (Fsp3) is 0.261. The van der Waals surface area contributed by atoms with Crippen LogP contribution in [0.3, 0.4) is 0 Å². The van der Waals surface area contributed by atoms with Crippen LogP contribution in [0.4, 0.5) is 0 Å². The molecule has 160 valence electrons. The van der Waals surface area contributed by atoms with Crippen LogP contribution in [-0.2, 0) is 11.4 Å². The highest BCUT2D eigenvalue weighted by atomic mass is 16.5. The van der Waals surface area contributed by atoms with Gasteiger partial charge in [-0.25, -0.2) is 5.48 Å². The quantitative estimate of drug-likeness (QED) is 0.358. The Morgan fingerprint density at radius 2 is 1.94 bits per heavy atom. The molecule has 0 spiro atoms. The molecule has 31 heavy (non-hydrogen) atoms. The summed E-state index contributed by atoms with van der Waals surface area (Å²) in [5.74, 6) is -0.671. The lowest BCUT2D eigenvalue weighted by Gasteiger charge is -2.18. The van der Waals surface area contributed by atoms with E-state index in [9.17, 15) is 9.59 Å². The van der Waals surface area contributed by atoms with E-state index in [2.05, 4.69) is 15.6 Å². The molecule has 0 bridgehead atoms. The fourth-order valence-electron chi connectivity index (χ4n) is 3.82. The number of carbonyl (C=O) groups excluding carboxylic acids is 2. The summed E-state index contributed by atoms with van der Waals surface area (Å²) in [6.45, 7) is 3.21. The highest BCUT2D eigenvalue weighted by Crippen LogP contribution is 2.21. The summed E-state index contributed by atoms with van der Waals surface area (Å²) in [6, 6.07) is 16.4. The van der Waals surface area contributed by atoms with Crippen LogP contribution in [0, 0.1) is 12.8 Å². The predicted molar refractivity (Wildman–Crippen MR) is 115 cm³/mol. The molecule has 0 aliphatic carbocycles. The van der Waals surface area contributed by atoms with E-state index >= 15 is 0 Å². The maximum atomic E-state index is 12.6. The van der Waals surface area contributed by atoms with E-state index < -0.39 is 17.9 Å². The molecule has 1 aliphatic heterocycles. The number of carbonyl (C=O) groups is 2. The van der Waals surface area contributed by atoms with Gasteiger partial charge in [0.2, 0.25) is 5.91 Å². The molecule has 0 unspecified atom stereocenters. The van der Waals surface area contributed by atoms with Gasteiger partial charge in [-0.3, -0.25) is 19.8 Å². The Morgan fingerprint density at radius 1 is 1.16 bits per heavy atom. The number of hydroxylamine groups is 1. The Hall–Kier alpha value is -3.49. The van der Waals surface area contributed by atoms with Crippen molar-refractivity contribution >= 4 is 22.7 Å². The summed E-state index contributed by atoms with van der Waals surface area (Å²) < 4.78 is 5.94. The van der Waals surface area contributed by atoms with Crippen molar-refractivity contribution in [3.05, 3.63) is 71.4 Å². The van der Waals surface area contributed by atoms with Gasteiger partial charge in [-0.1, -0.05) is 18.2 Å². The van der Waals surface area contributed by atoms with Gasteiger partial charge in [0.1, 0.15) is 12.4 Å². The zero-order valence-corrected chi connectivity index (χ0v) is 17.1. The van der Waals surface area contributed by atoms with Crippen molar-refractivity contribution in [2.75, 3.05) is 13.1 Å². The molecule has 2 amide bonds. The summed E-state index contributed by atoms with van der Waals surface area (Å²) in [7, 11) is 0. The number of hydrogen-bond donors (Lipinski definition) is 4. The number of aromatic nitrogens is 1. The van der Waals surface area contributed by atoms with E-state index in [1.165, 1.54) is 0 Å². The van der Waals surface area contributed by atoms with E-state index in [1.54, 1.807) is 29.7 Å². The van der Waals surface area contributed by atoms with Gasteiger partial charge in [0.15, 0.2) is 0 Å². The summed E-state index contributed by atoms with van der Waals surface area (Å²) in [5, 5.41) is 15.8. The van der Waals surface area contributed by atoms with Crippen molar-refractivity contribution in [3.8, 4) is 5.75 Å². The number of ether oxygens (including phenoxy) is 1. The number of para-hydroxylation sites is 1. The Morgan fingerprint density at radius 3 is 2.71 bits per heavy atom. The van der Waals surface area contributed by atoms with Crippen LogP contribution in [0.5, 0.6) is 5.75 Å². The van der Waals surface area contributed by atoms with E-state index in [0.29, 0.717) is 31.0 Å². The summed E-state index contributed by atoms with van der Waals surface area (Å²) in [5.41, 5.74) is 5.02. The molecule has 1 aromatic heterocycles. The molecular formula is C23H24N4O4. The first kappa shape index (κ1) is 20.8. The Balaban J connectivity index is 1.40. The monoisotopic (exact) mass is 420 g/mol. The van der Waals surface area contributed by atoms with Gasteiger partial charge in [0.25, 0.3) is 5.91 Å². The lowest BCUT2D eigenvalue weighted by molar-refractivity contribution is -0.133. The molecule has 0 saturated carbocycles. The van der Waals surface area contributed by atoms with E-state index in [1.807, 2.05) is 37.3 Å². The molecular weight excluding hydrogens is 396 g/mol. The first-order valence-corrected chi connectivity index (χ1v) is 10.1. The molecule has 8 nitrogen and oxygen atoms in total. The van der Waals surface area contributed by atoms with E-state index in [-0.39, 0.29) is 5.91 Å². The van der Waals surface area contributed by atoms with Gasteiger partial charge < -0.3 is 15.4 Å². The van der Waals surface area contributed by atoms with Gasteiger partial charge in [-0.05, 0) is 43.3 Å². The molecule has 1 saturated heterocycles.